The summed E-state index contributed by atoms with van der Waals surface area (Å²) < 4.78 is 0. The maximum absolute atomic E-state index is 6.00. The van der Waals surface area contributed by atoms with E-state index in [1.54, 1.807) is 0 Å². The number of para-hydroxylation sites is 1. The van der Waals surface area contributed by atoms with Gasteiger partial charge in [0.05, 0.1) is 0 Å². The second kappa shape index (κ2) is 5.45. The van der Waals surface area contributed by atoms with Crippen LogP contribution in [0.15, 0.2) is 54.6 Å². The van der Waals surface area contributed by atoms with Crippen molar-refractivity contribution in [1.82, 2.24) is 0 Å². The molecule has 0 amide bonds. The number of benzene rings is 2. The minimum atomic E-state index is 0.375. The molecule has 0 saturated carbocycles. The van der Waals surface area contributed by atoms with Gasteiger partial charge in [-0.3, -0.25) is 0 Å². The smallest absolute Gasteiger partial charge is 0.0445 e. The van der Waals surface area contributed by atoms with Gasteiger partial charge in [-0.05, 0) is 24.5 Å². The summed E-state index contributed by atoms with van der Waals surface area (Å²) in [6.45, 7) is 2.12. The van der Waals surface area contributed by atoms with Crippen molar-refractivity contribution < 1.29 is 0 Å². The molecule has 0 atom stereocenters. The van der Waals surface area contributed by atoms with Gasteiger partial charge < -0.3 is 10.6 Å². The summed E-state index contributed by atoms with van der Waals surface area (Å²) in [4.78, 5) is 2.46. The molecule has 1 aliphatic heterocycles. The standard InChI is InChI=1S/C17H20N2/c18-15-10-12-19(13-11-15)17-9-5-4-8-16(17)14-6-2-1-3-7-14/h1-9,15H,10-13,18H2. The van der Waals surface area contributed by atoms with Gasteiger partial charge in [-0.1, -0.05) is 48.5 Å². The van der Waals surface area contributed by atoms with Crippen LogP contribution in [0.25, 0.3) is 11.1 Å². The summed E-state index contributed by atoms with van der Waals surface area (Å²) in [6, 6.07) is 19.6. The predicted octanol–water partition coefficient (Wildman–Crippen LogP) is 3.28. The Morgan fingerprint density at radius 2 is 1.47 bits per heavy atom. The summed E-state index contributed by atoms with van der Waals surface area (Å²) in [5.41, 5.74) is 9.93. The number of rotatable bonds is 2. The molecule has 19 heavy (non-hydrogen) atoms. The van der Waals surface area contributed by atoms with E-state index < -0.39 is 0 Å². The van der Waals surface area contributed by atoms with Crippen molar-refractivity contribution >= 4 is 5.69 Å². The maximum atomic E-state index is 6.00. The van der Waals surface area contributed by atoms with Crippen LogP contribution in [0.4, 0.5) is 5.69 Å². The van der Waals surface area contributed by atoms with E-state index >= 15 is 0 Å². The van der Waals surface area contributed by atoms with Crippen LogP contribution in [0.2, 0.25) is 0 Å². The quantitative estimate of drug-likeness (QED) is 0.888. The van der Waals surface area contributed by atoms with E-state index in [2.05, 4.69) is 59.5 Å². The summed E-state index contributed by atoms with van der Waals surface area (Å²) in [5, 5.41) is 0. The zero-order valence-corrected chi connectivity index (χ0v) is 11.1. The lowest BCUT2D eigenvalue weighted by atomic mass is 10.00. The van der Waals surface area contributed by atoms with Gasteiger partial charge in [0.25, 0.3) is 0 Å². The van der Waals surface area contributed by atoms with Crippen molar-refractivity contribution in [1.29, 1.82) is 0 Å². The van der Waals surface area contributed by atoms with Crippen LogP contribution in [0.5, 0.6) is 0 Å². The molecule has 0 aromatic heterocycles. The molecule has 1 saturated heterocycles. The lowest BCUT2D eigenvalue weighted by molar-refractivity contribution is 0.501. The molecule has 2 aromatic rings. The monoisotopic (exact) mass is 252 g/mol. The van der Waals surface area contributed by atoms with Crippen molar-refractivity contribution in [3.8, 4) is 11.1 Å². The molecular weight excluding hydrogens is 232 g/mol. The van der Waals surface area contributed by atoms with Crippen LogP contribution in [0.1, 0.15) is 12.8 Å². The second-order valence-corrected chi connectivity index (χ2v) is 5.21. The molecule has 0 aliphatic carbocycles. The lowest BCUT2D eigenvalue weighted by Crippen LogP contribution is -2.39. The normalized spacial score (nSPS) is 16.6. The highest BCUT2D eigenvalue weighted by atomic mass is 15.1. The van der Waals surface area contributed by atoms with Crippen LogP contribution >= 0.6 is 0 Å². The first kappa shape index (κ1) is 12.2. The highest BCUT2D eigenvalue weighted by molar-refractivity contribution is 5.78. The van der Waals surface area contributed by atoms with E-state index in [1.807, 2.05) is 0 Å². The van der Waals surface area contributed by atoms with Gasteiger partial charge in [-0.2, -0.15) is 0 Å². The van der Waals surface area contributed by atoms with Crippen molar-refractivity contribution in [2.75, 3.05) is 18.0 Å². The number of anilines is 1. The van der Waals surface area contributed by atoms with Crippen molar-refractivity contribution in [2.45, 2.75) is 18.9 Å². The molecule has 3 rings (SSSR count). The van der Waals surface area contributed by atoms with Crippen LogP contribution in [0, 0.1) is 0 Å². The van der Waals surface area contributed by atoms with E-state index in [0.717, 1.165) is 25.9 Å². The number of nitrogens with zero attached hydrogens (tertiary/aromatic N) is 1. The molecular formula is C17H20N2. The first-order chi connectivity index (χ1) is 9.34. The van der Waals surface area contributed by atoms with Gasteiger partial charge in [0, 0.05) is 30.4 Å². The van der Waals surface area contributed by atoms with Crippen molar-refractivity contribution in [2.24, 2.45) is 5.73 Å². The third-order valence-corrected chi connectivity index (χ3v) is 3.87. The Balaban J connectivity index is 1.94. The van der Waals surface area contributed by atoms with Crippen LogP contribution in [-0.4, -0.2) is 19.1 Å². The van der Waals surface area contributed by atoms with E-state index in [1.165, 1.54) is 16.8 Å². The molecule has 2 aromatic carbocycles. The fourth-order valence-corrected chi connectivity index (χ4v) is 2.75. The van der Waals surface area contributed by atoms with Crippen LogP contribution in [0.3, 0.4) is 0 Å². The highest BCUT2D eigenvalue weighted by Crippen LogP contribution is 2.31. The van der Waals surface area contributed by atoms with Gasteiger partial charge in [-0.15, -0.1) is 0 Å². The van der Waals surface area contributed by atoms with Crippen molar-refractivity contribution in [3.63, 3.8) is 0 Å². The molecule has 0 unspecified atom stereocenters. The van der Waals surface area contributed by atoms with E-state index in [4.69, 9.17) is 5.73 Å². The number of nitrogens with two attached hydrogens (primary N) is 1. The van der Waals surface area contributed by atoms with Gasteiger partial charge >= 0.3 is 0 Å². The third-order valence-electron chi connectivity index (χ3n) is 3.87. The Hall–Kier alpha value is -1.80. The first-order valence-corrected chi connectivity index (χ1v) is 6.99. The van der Waals surface area contributed by atoms with Crippen LogP contribution in [-0.2, 0) is 0 Å². The Morgan fingerprint density at radius 1 is 0.842 bits per heavy atom. The van der Waals surface area contributed by atoms with Crippen LogP contribution < -0.4 is 10.6 Å². The molecule has 2 N–H and O–H groups in total. The third kappa shape index (κ3) is 2.64. The number of hydrogen-bond donors (Lipinski definition) is 1. The Morgan fingerprint density at radius 3 is 2.21 bits per heavy atom. The van der Waals surface area contributed by atoms with E-state index in [-0.39, 0.29) is 0 Å². The molecule has 0 spiro atoms. The minimum absolute atomic E-state index is 0.375. The Kier molecular flexibility index (Phi) is 3.51. The highest BCUT2D eigenvalue weighted by Gasteiger charge is 2.18. The predicted molar refractivity (Wildman–Crippen MR) is 81.3 cm³/mol. The summed E-state index contributed by atoms with van der Waals surface area (Å²) in [5.74, 6) is 0. The molecule has 98 valence electrons. The molecule has 1 aliphatic rings. The van der Waals surface area contributed by atoms with Gasteiger partial charge in [0.2, 0.25) is 0 Å². The first-order valence-electron chi connectivity index (χ1n) is 6.99. The topological polar surface area (TPSA) is 29.3 Å². The molecule has 0 bridgehead atoms. The zero-order valence-electron chi connectivity index (χ0n) is 11.1. The number of piperidine rings is 1. The second-order valence-electron chi connectivity index (χ2n) is 5.21. The molecule has 2 heteroatoms. The van der Waals surface area contributed by atoms with E-state index in [9.17, 15) is 0 Å². The molecule has 2 nitrogen and oxygen atoms in total. The van der Waals surface area contributed by atoms with E-state index in [0.29, 0.717) is 6.04 Å². The molecule has 1 heterocycles. The SMILES string of the molecule is NC1CCN(c2ccccc2-c2ccccc2)CC1. The lowest BCUT2D eigenvalue weighted by Gasteiger charge is -2.33. The Bertz CT molecular complexity index is 528. The summed E-state index contributed by atoms with van der Waals surface area (Å²) in [6.07, 6.45) is 2.17. The fourth-order valence-electron chi connectivity index (χ4n) is 2.75. The summed E-state index contributed by atoms with van der Waals surface area (Å²) in [7, 11) is 0. The van der Waals surface area contributed by atoms with Gasteiger partial charge in [0.15, 0.2) is 0 Å². The summed E-state index contributed by atoms with van der Waals surface area (Å²) >= 11 is 0. The minimum Gasteiger partial charge on any atom is -0.371 e. The Labute approximate surface area is 114 Å². The largest absolute Gasteiger partial charge is 0.371 e. The molecule has 0 radical (unpaired) electrons. The van der Waals surface area contributed by atoms with Gasteiger partial charge in [0.1, 0.15) is 0 Å². The molecule has 1 fully saturated rings. The fraction of sp³-hybridized carbons (Fsp3) is 0.294. The average Bonchev–Trinajstić information content (AvgIpc) is 2.49. The van der Waals surface area contributed by atoms with Gasteiger partial charge in [-0.25, -0.2) is 0 Å². The zero-order chi connectivity index (χ0) is 13.1. The maximum Gasteiger partial charge on any atom is 0.0445 e. The van der Waals surface area contributed by atoms with Crippen molar-refractivity contribution in [3.05, 3.63) is 54.6 Å². The number of hydrogen-bond acceptors (Lipinski definition) is 2. The average molecular weight is 252 g/mol.